The molecule has 7 heteroatoms. The van der Waals surface area contributed by atoms with Crippen molar-refractivity contribution in [1.82, 2.24) is 15.3 Å². The molecule has 28 heavy (non-hydrogen) atoms. The highest BCUT2D eigenvalue weighted by Gasteiger charge is 2.11. The zero-order chi connectivity index (χ0) is 20.1. The summed E-state index contributed by atoms with van der Waals surface area (Å²) >= 11 is 0. The van der Waals surface area contributed by atoms with Crippen LogP contribution in [0.1, 0.15) is 39.0 Å². The number of amides is 1. The number of benzene rings is 2. The van der Waals surface area contributed by atoms with E-state index in [0.29, 0.717) is 16.9 Å². The molecule has 0 bridgehead atoms. The second kappa shape index (κ2) is 8.39. The van der Waals surface area contributed by atoms with Gasteiger partial charge in [0.1, 0.15) is 11.5 Å². The average Bonchev–Trinajstić information content (AvgIpc) is 2.67. The number of rotatable bonds is 6. The highest BCUT2D eigenvalue weighted by Crippen LogP contribution is 2.16. The lowest BCUT2D eigenvalue weighted by Crippen LogP contribution is -2.24. The first-order chi connectivity index (χ1) is 13.4. The zero-order valence-electron chi connectivity index (χ0n) is 15.5. The van der Waals surface area contributed by atoms with Crippen LogP contribution in [0, 0.1) is 12.7 Å². The Labute approximate surface area is 161 Å². The number of nitrogens with one attached hydrogen (secondary N) is 2. The van der Waals surface area contributed by atoms with Crippen molar-refractivity contribution in [2.45, 2.75) is 20.4 Å². The van der Waals surface area contributed by atoms with Crippen LogP contribution in [0.3, 0.4) is 0 Å². The molecule has 0 saturated carbocycles. The Hall–Kier alpha value is -3.61. The number of anilines is 2. The molecule has 0 atom stereocenters. The molecule has 3 aromatic rings. The first kappa shape index (κ1) is 19.2. The molecule has 6 nitrogen and oxygen atoms in total. The van der Waals surface area contributed by atoms with E-state index in [1.165, 1.54) is 19.1 Å². The minimum Gasteiger partial charge on any atom is -0.347 e. The van der Waals surface area contributed by atoms with Gasteiger partial charge < -0.3 is 10.6 Å². The molecule has 1 aromatic heterocycles. The lowest BCUT2D eigenvalue weighted by Gasteiger charge is -2.09. The van der Waals surface area contributed by atoms with Crippen molar-refractivity contribution >= 4 is 23.3 Å². The van der Waals surface area contributed by atoms with Crippen molar-refractivity contribution < 1.29 is 14.0 Å². The number of carbonyl (C=O) groups excluding carboxylic acids is 2. The fourth-order valence-electron chi connectivity index (χ4n) is 2.56. The van der Waals surface area contributed by atoms with Gasteiger partial charge in [-0.05, 0) is 49.7 Å². The number of hydrogen-bond acceptors (Lipinski definition) is 5. The van der Waals surface area contributed by atoms with E-state index in [1.807, 2.05) is 0 Å². The van der Waals surface area contributed by atoms with E-state index in [9.17, 15) is 14.0 Å². The number of aryl methyl sites for hydroxylation is 1. The van der Waals surface area contributed by atoms with Gasteiger partial charge in [0.15, 0.2) is 5.78 Å². The van der Waals surface area contributed by atoms with Crippen LogP contribution in [0.4, 0.5) is 16.0 Å². The third-order valence-electron chi connectivity index (χ3n) is 3.98. The summed E-state index contributed by atoms with van der Waals surface area (Å²) in [5, 5.41) is 5.77. The molecule has 3 rings (SSSR count). The summed E-state index contributed by atoms with van der Waals surface area (Å²) in [6.45, 7) is 3.51. The lowest BCUT2D eigenvalue weighted by molar-refractivity contribution is 0.0945. The predicted molar refractivity (Wildman–Crippen MR) is 104 cm³/mol. The van der Waals surface area contributed by atoms with E-state index in [-0.39, 0.29) is 35.7 Å². The van der Waals surface area contributed by atoms with Crippen molar-refractivity contribution in [2.75, 3.05) is 5.32 Å². The smallest absolute Gasteiger partial charge is 0.270 e. The Kier molecular flexibility index (Phi) is 5.74. The molecule has 0 saturated heterocycles. The number of ketones is 1. The van der Waals surface area contributed by atoms with Gasteiger partial charge in [-0.3, -0.25) is 9.59 Å². The summed E-state index contributed by atoms with van der Waals surface area (Å²) in [5.74, 6) is -0.483. The van der Waals surface area contributed by atoms with Gasteiger partial charge in [-0.1, -0.05) is 24.3 Å². The molecule has 0 unspecified atom stereocenters. The van der Waals surface area contributed by atoms with E-state index in [0.717, 1.165) is 5.56 Å². The molecule has 2 N–H and O–H groups in total. The molecule has 0 spiro atoms. The van der Waals surface area contributed by atoms with E-state index >= 15 is 0 Å². The Morgan fingerprint density at radius 2 is 1.79 bits per heavy atom. The Morgan fingerprint density at radius 3 is 2.50 bits per heavy atom. The minimum atomic E-state index is -0.365. The summed E-state index contributed by atoms with van der Waals surface area (Å²) in [4.78, 5) is 32.5. The molecule has 142 valence electrons. The summed E-state index contributed by atoms with van der Waals surface area (Å²) < 4.78 is 13.0. The van der Waals surface area contributed by atoms with E-state index in [2.05, 4.69) is 20.6 Å². The van der Waals surface area contributed by atoms with Crippen molar-refractivity contribution in [3.05, 3.63) is 82.9 Å². The predicted octanol–water partition coefficient (Wildman–Crippen LogP) is 3.80. The van der Waals surface area contributed by atoms with E-state index < -0.39 is 0 Å². The van der Waals surface area contributed by atoms with Crippen LogP contribution < -0.4 is 10.6 Å². The molecule has 1 amide bonds. The van der Waals surface area contributed by atoms with Crippen molar-refractivity contribution in [1.29, 1.82) is 0 Å². The van der Waals surface area contributed by atoms with Gasteiger partial charge in [-0.2, -0.15) is 0 Å². The summed E-state index contributed by atoms with van der Waals surface area (Å²) in [6.07, 6.45) is 0. The fraction of sp³-hybridized carbons (Fsp3) is 0.143. The van der Waals surface area contributed by atoms with Crippen molar-refractivity contribution in [3.8, 4) is 0 Å². The lowest BCUT2D eigenvalue weighted by atomic mass is 10.1. The average molecular weight is 378 g/mol. The van der Waals surface area contributed by atoms with Gasteiger partial charge in [0, 0.05) is 23.5 Å². The zero-order valence-corrected chi connectivity index (χ0v) is 15.5. The molecule has 0 aliphatic heterocycles. The Bertz CT molecular complexity index is 1020. The minimum absolute atomic E-state index is 0.0466. The van der Waals surface area contributed by atoms with Gasteiger partial charge in [0.25, 0.3) is 5.91 Å². The Balaban J connectivity index is 1.73. The second-order valence-electron chi connectivity index (χ2n) is 6.29. The van der Waals surface area contributed by atoms with Crippen LogP contribution in [0.15, 0.2) is 54.6 Å². The molecule has 1 heterocycles. The Morgan fingerprint density at radius 1 is 1.04 bits per heavy atom. The number of hydrogen-bond donors (Lipinski definition) is 2. The van der Waals surface area contributed by atoms with Gasteiger partial charge in [-0.15, -0.1) is 0 Å². The van der Waals surface area contributed by atoms with Gasteiger partial charge in [-0.25, -0.2) is 14.4 Å². The molecular formula is C21H19FN4O2. The van der Waals surface area contributed by atoms with Crippen molar-refractivity contribution in [3.63, 3.8) is 0 Å². The first-order valence-corrected chi connectivity index (χ1v) is 8.67. The van der Waals surface area contributed by atoms with E-state index in [1.54, 1.807) is 49.4 Å². The van der Waals surface area contributed by atoms with Gasteiger partial charge >= 0.3 is 0 Å². The van der Waals surface area contributed by atoms with Crippen LogP contribution in [0.2, 0.25) is 0 Å². The quantitative estimate of drug-likeness (QED) is 0.638. The van der Waals surface area contributed by atoms with Crippen LogP contribution in [-0.2, 0) is 6.54 Å². The highest BCUT2D eigenvalue weighted by atomic mass is 19.1. The summed E-state index contributed by atoms with van der Waals surface area (Å²) in [6, 6.07) is 14.4. The molecule has 0 fully saturated rings. The topological polar surface area (TPSA) is 84.0 Å². The number of nitrogens with zero attached hydrogens (tertiary/aromatic N) is 2. The van der Waals surface area contributed by atoms with E-state index in [4.69, 9.17) is 0 Å². The third-order valence-corrected chi connectivity index (χ3v) is 3.98. The standard InChI is InChI=1S/C21H19FN4O2/c1-13-10-19(20(28)23-12-15-6-8-17(22)9-7-15)26-21(24-13)25-18-5-3-4-16(11-18)14(2)27/h3-11H,12H2,1-2H3,(H,23,28)(H,24,25,26). The van der Waals surface area contributed by atoms with Crippen LogP contribution >= 0.6 is 0 Å². The third kappa shape index (κ3) is 4.97. The molecular weight excluding hydrogens is 359 g/mol. The SMILES string of the molecule is CC(=O)c1cccc(Nc2nc(C)cc(C(=O)NCc3ccc(F)cc3)n2)c1. The maximum absolute atomic E-state index is 13.0. The van der Waals surface area contributed by atoms with Crippen LogP contribution in [0.5, 0.6) is 0 Å². The van der Waals surface area contributed by atoms with Gasteiger partial charge in [0.2, 0.25) is 5.95 Å². The highest BCUT2D eigenvalue weighted by molar-refractivity contribution is 5.95. The first-order valence-electron chi connectivity index (χ1n) is 8.67. The largest absolute Gasteiger partial charge is 0.347 e. The summed E-state index contributed by atoms with van der Waals surface area (Å²) in [5.41, 5.74) is 2.82. The normalized spacial score (nSPS) is 10.4. The number of halogens is 1. The molecule has 0 aliphatic rings. The van der Waals surface area contributed by atoms with Gasteiger partial charge in [0.05, 0.1) is 0 Å². The number of Topliss-reactive ketones (excluding diaryl/α,β-unsaturated/α-hetero) is 1. The van der Waals surface area contributed by atoms with Crippen LogP contribution in [0.25, 0.3) is 0 Å². The number of carbonyl (C=O) groups is 2. The second-order valence-corrected chi connectivity index (χ2v) is 6.29. The van der Waals surface area contributed by atoms with Crippen molar-refractivity contribution in [2.24, 2.45) is 0 Å². The number of aromatic nitrogens is 2. The fourth-order valence-corrected chi connectivity index (χ4v) is 2.56. The summed E-state index contributed by atoms with van der Waals surface area (Å²) in [7, 11) is 0. The molecule has 0 radical (unpaired) electrons. The van der Waals surface area contributed by atoms with Crippen LogP contribution in [-0.4, -0.2) is 21.7 Å². The monoisotopic (exact) mass is 378 g/mol. The molecule has 2 aromatic carbocycles. The maximum atomic E-state index is 13.0. The maximum Gasteiger partial charge on any atom is 0.270 e. The molecule has 0 aliphatic carbocycles.